The summed E-state index contributed by atoms with van der Waals surface area (Å²) in [5.74, 6) is 1.89. The third kappa shape index (κ3) is 4.26. The Balaban J connectivity index is 2.01. The monoisotopic (exact) mass is 308 g/mol. The molecule has 5 heteroatoms. The Labute approximate surface area is 132 Å². The van der Waals surface area contributed by atoms with Crippen LogP contribution in [0.1, 0.15) is 63.2 Å². The number of hydrogen-bond acceptors (Lipinski definition) is 3. The minimum absolute atomic E-state index is 0.0127. The first-order valence-electron chi connectivity index (χ1n) is 8.08. The first kappa shape index (κ1) is 16.9. The maximum Gasteiger partial charge on any atom is 0.315 e. The summed E-state index contributed by atoms with van der Waals surface area (Å²) >= 11 is 0. The van der Waals surface area contributed by atoms with Gasteiger partial charge in [0.1, 0.15) is 11.5 Å². The van der Waals surface area contributed by atoms with E-state index in [4.69, 9.17) is 9.52 Å². The van der Waals surface area contributed by atoms with Crippen LogP contribution in [0.2, 0.25) is 0 Å². The maximum absolute atomic E-state index is 12.2. The Morgan fingerprint density at radius 3 is 2.95 bits per heavy atom. The van der Waals surface area contributed by atoms with Crippen LogP contribution >= 0.6 is 0 Å². The molecule has 0 fully saturated rings. The lowest BCUT2D eigenvalue weighted by Crippen LogP contribution is -2.44. The number of carbonyl (C=O) groups is 1. The molecule has 0 bridgehead atoms. The summed E-state index contributed by atoms with van der Waals surface area (Å²) in [6.45, 7) is 8.45. The lowest BCUT2D eigenvalue weighted by molar-refractivity contribution is 0.211. The molecular formula is C17H28N2O3. The molecule has 0 spiro atoms. The second-order valence-electron chi connectivity index (χ2n) is 7.22. The van der Waals surface area contributed by atoms with Crippen LogP contribution < -0.4 is 10.6 Å². The molecule has 0 aromatic carbocycles. The number of furan rings is 1. The first-order valence-corrected chi connectivity index (χ1v) is 8.08. The van der Waals surface area contributed by atoms with Gasteiger partial charge in [0, 0.05) is 24.6 Å². The third-order valence-corrected chi connectivity index (χ3v) is 4.21. The van der Waals surface area contributed by atoms with Crippen molar-refractivity contribution >= 4 is 6.03 Å². The van der Waals surface area contributed by atoms with Gasteiger partial charge in [-0.1, -0.05) is 13.8 Å². The van der Waals surface area contributed by atoms with Crippen LogP contribution in [0.5, 0.6) is 0 Å². The molecule has 1 aromatic heterocycles. The Kier molecular flexibility index (Phi) is 5.16. The van der Waals surface area contributed by atoms with Crippen LogP contribution in [-0.4, -0.2) is 23.8 Å². The van der Waals surface area contributed by atoms with E-state index in [1.54, 1.807) is 0 Å². The summed E-state index contributed by atoms with van der Waals surface area (Å²) in [4.78, 5) is 12.2. The Morgan fingerprint density at radius 2 is 2.27 bits per heavy atom. The molecule has 0 aliphatic heterocycles. The summed E-state index contributed by atoms with van der Waals surface area (Å²) in [6.07, 6.45) is 3.28. The van der Waals surface area contributed by atoms with Gasteiger partial charge in [0.05, 0.1) is 6.04 Å². The highest BCUT2D eigenvalue weighted by atomic mass is 16.3. The molecule has 1 aliphatic carbocycles. The maximum atomic E-state index is 12.2. The van der Waals surface area contributed by atoms with E-state index >= 15 is 0 Å². The van der Waals surface area contributed by atoms with Crippen molar-refractivity contribution in [1.82, 2.24) is 10.6 Å². The van der Waals surface area contributed by atoms with Crippen LogP contribution in [0, 0.1) is 12.3 Å². The van der Waals surface area contributed by atoms with Gasteiger partial charge < -0.3 is 20.2 Å². The fourth-order valence-electron chi connectivity index (χ4n) is 3.21. The molecule has 2 unspecified atom stereocenters. The van der Waals surface area contributed by atoms with Gasteiger partial charge in [0.2, 0.25) is 0 Å². The molecule has 1 aliphatic rings. The molecule has 5 nitrogen and oxygen atoms in total. The number of carbonyl (C=O) groups excluding carboxylic acids is 1. The van der Waals surface area contributed by atoms with Crippen LogP contribution in [-0.2, 0) is 6.42 Å². The zero-order chi connectivity index (χ0) is 16.3. The van der Waals surface area contributed by atoms with Crippen LogP contribution in [0.3, 0.4) is 0 Å². The van der Waals surface area contributed by atoms with Gasteiger partial charge in [-0.2, -0.15) is 0 Å². The van der Waals surface area contributed by atoms with E-state index in [2.05, 4.69) is 24.5 Å². The lowest BCUT2D eigenvalue weighted by atomic mass is 9.75. The van der Waals surface area contributed by atoms with Crippen molar-refractivity contribution in [3.8, 4) is 0 Å². The highest BCUT2D eigenvalue weighted by molar-refractivity contribution is 5.74. The van der Waals surface area contributed by atoms with Gasteiger partial charge in [0.15, 0.2) is 0 Å². The standard InChI is InChI=1S/C17H28N2O3/c1-11(6-5-7-20)18-16(21)19-14-9-17(3,4)10-15-13(14)8-12(2)22-15/h8,11,14,20H,5-7,9-10H2,1-4H3,(H2,18,19,21). The van der Waals surface area contributed by atoms with Crippen molar-refractivity contribution in [3.05, 3.63) is 23.2 Å². The fraction of sp³-hybridized carbons (Fsp3) is 0.706. The number of nitrogens with one attached hydrogen (secondary N) is 2. The molecule has 0 saturated carbocycles. The van der Waals surface area contributed by atoms with Gasteiger partial charge in [0.25, 0.3) is 0 Å². The van der Waals surface area contributed by atoms with Crippen molar-refractivity contribution in [1.29, 1.82) is 0 Å². The van der Waals surface area contributed by atoms with Crippen LogP contribution in [0.25, 0.3) is 0 Å². The molecule has 2 rings (SSSR count). The van der Waals surface area contributed by atoms with E-state index < -0.39 is 0 Å². The summed E-state index contributed by atoms with van der Waals surface area (Å²) in [6, 6.07) is 1.92. The van der Waals surface area contributed by atoms with Crippen LogP contribution in [0.4, 0.5) is 4.79 Å². The molecule has 1 heterocycles. The summed E-state index contributed by atoms with van der Waals surface area (Å²) < 4.78 is 5.79. The molecule has 0 saturated heterocycles. The van der Waals surface area contributed by atoms with Gasteiger partial charge in [-0.15, -0.1) is 0 Å². The SMILES string of the molecule is Cc1cc2c(o1)CC(C)(C)CC2NC(=O)NC(C)CCCO. The van der Waals surface area contributed by atoms with Gasteiger partial charge >= 0.3 is 6.03 Å². The van der Waals surface area contributed by atoms with E-state index in [0.29, 0.717) is 6.42 Å². The smallest absolute Gasteiger partial charge is 0.315 e. The second kappa shape index (κ2) is 6.73. The number of aliphatic hydroxyl groups is 1. The highest BCUT2D eigenvalue weighted by Crippen LogP contribution is 2.41. The number of aliphatic hydroxyl groups excluding tert-OH is 1. The second-order valence-corrected chi connectivity index (χ2v) is 7.22. The predicted octanol–water partition coefficient (Wildman–Crippen LogP) is 3.06. The third-order valence-electron chi connectivity index (χ3n) is 4.21. The minimum atomic E-state index is -0.155. The van der Waals surface area contributed by atoms with Crippen LogP contribution in [0.15, 0.2) is 10.5 Å². The van der Waals surface area contributed by atoms with Gasteiger partial charge in [-0.3, -0.25) is 0 Å². The molecule has 2 amide bonds. The Morgan fingerprint density at radius 1 is 1.55 bits per heavy atom. The molecule has 2 atom stereocenters. The van der Waals surface area contributed by atoms with E-state index in [1.807, 2.05) is 19.9 Å². The van der Waals surface area contributed by atoms with Gasteiger partial charge in [-0.25, -0.2) is 4.79 Å². The molecule has 3 N–H and O–H groups in total. The molecule has 1 aromatic rings. The van der Waals surface area contributed by atoms with Crippen molar-refractivity contribution < 1.29 is 14.3 Å². The summed E-state index contributed by atoms with van der Waals surface area (Å²) in [7, 11) is 0. The van der Waals surface area contributed by atoms with Gasteiger partial charge in [-0.05, 0) is 44.6 Å². The summed E-state index contributed by atoms with van der Waals surface area (Å²) in [5, 5.41) is 14.9. The zero-order valence-corrected chi connectivity index (χ0v) is 14.0. The fourth-order valence-corrected chi connectivity index (χ4v) is 3.21. The number of urea groups is 1. The number of amides is 2. The average molecular weight is 308 g/mol. The Bertz CT molecular complexity index is 522. The number of aryl methyl sites for hydroxylation is 1. The normalized spacial score (nSPS) is 21.0. The zero-order valence-electron chi connectivity index (χ0n) is 14.0. The molecule has 0 radical (unpaired) electrons. The molecular weight excluding hydrogens is 280 g/mol. The topological polar surface area (TPSA) is 74.5 Å². The molecule has 124 valence electrons. The number of fused-ring (bicyclic) bond motifs is 1. The van der Waals surface area contributed by atoms with E-state index in [1.165, 1.54) is 0 Å². The molecule has 22 heavy (non-hydrogen) atoms. The quantitative estimate of drug-likeness (QED) is 0.782. The minimum Gasteiger partial charge on any atom is -0.466 e. The van der Waals surface area contributed by atoms with Crippen molar-refractivity contribution in [2.75, 3.05) is 6.61 Å². The lowest BCUT2D eigenvalue weighted by Gasteiger charge is -2.34. The van der Waals surface area contributed by atoms with E-state index in [9.17, 15) is 4.79 Å². The summed E-state index contributed by atoms with van der Waals surface area (Å²) in [5.41, 5.74) is 1.22. The van der Waals surface area contributed by atoms with Crippen molar-refractivity contribution in [3.63, 3.8) is 0 Å². The van der Waals surface area contributed by atoms with Crippen molar-refractivity contribution in [2.45, 2.75) is 65.5 Å². The first-order chi connectivity index (χ1) is 10.3. The Hall–Kier alpha value is -1.49. The number of hydrogen-bond donors (Lipinski definition) is 3. The number of rotatable bonds is 5. The highest BCUT2D eigenvalue weighted by Gasteiger charge is 2.35. The van der Waals surface area contributed by atoms with E-state index in [0.717, 1.165) is 36.3 Å². The average Bonchev–Trinajstić information content (AvgIpc) is 2.75. The predicted molar refractivity (Wildman–Crippen MR) is 85.7 cm³/mol. The largest absolute Gasteiger partial charge is 0.466 e. The van der Waals surface area contributed by atoms with E-state index in [-0.39, 0.29) is 30.1 Å². The van der Waals surface area contributed by atoms with Crippen molar-refractivity contribution in [2.24, 2.45) is 5.41 Å².